The number of aryl methyl sites for hydroxylation is 1. The highest BCUT2D eigenvalue weighted by molar-refractivity contribution is 7.89. The van der Waals surface area contributed by atoms with Crippen LogP contribution in [0.2, 0.25) is 0 Å². The van der Waals surface area contributed by atoms with Crippen molar-refractivity contribution in [2.24, 2.45) is 0 Å². The van der Waals surface area contributed by atoms with E-state index in [1.807, 2.05) is 45.0 Å². The van der Waals surface area contributed by atoms with E-state index in [0.717, 1.165) is 16.7 Å². The third kappa shape index (κ3) is 6.93. The van der Waals surface area contributed by atoms with Crippen LogP contribution in [0.15, 0.2) is 53.4 Å². The van der Waals surface area contributed by atoms with E-state index in [9.17, 15) is 13.2 Å². The first-order valence-corrected chi connectivity index (χ1v) is 11.9. The average molecular weight is 433 g/mol. The minimum absolute atomic E-state index is 0.0340. The predicted octanol–water partition coefficient (Wildman–Crippen LogP) is 3.50. The van der Waals surface area contributed by atoms with Crippen LogP contribution >= 0.6 is 0 Å². The maximum atomic E-state index is 12.5. The number of hydrogen-bond acceptors (Lipinski definition) is 4. The summed E-state index contributed by atoms with van der Waals surface area (Å²) in [7, 11) is -3.45. The molecule has 0 bridgehead atoms. The molecule has 0 spiro atoms. The summed E-state index contributed by atoms with van der Waals surface area (Å²) in [6.07, 6.45) is 0.912. The van der Waals surface area contributed by atoms with Crippen LogP contribution in [-0.2, 0) is 39.1 Å². The average Bonchev–Trinajstić information content (AvgIpc) is 2.76. The molecule has 164 valence electrons. The predicted molar refractivity (Wildman–Crippen MR) is 118 cm³/mol. The molecule has 0 fully saturated rings. The summed E-state index contributed by atoms with van der Waals surface area (Å²) in [4.78, 5) is 12.4. The maximum Gasteiger partial charge on any atom is 0.243 e. The number of nitrogens with one attached hydrogen (secondary N) is 1. The summed E-state index contributed by atoms with van der Waals surface area (Å²) in [5.41, 5.74) is 3.08. The van der Waals surface area contributed by atoms with E-state index in [1.165, 1.54) is 4.31 Å². The Morgan fingerprint density at radius 2 is 1.47 bits per heavy atom. The van der Waals surface area contributed by atoms with Gasteiger partial charge in [-0.1, -0.05) is 50.2 Å². The Hall–Kier alpha value is -2.22. The van der Waals surface area contributed by atoms with Crippen LogP contribution in [0.3, 0.4) is 0 Å². The zero-order valence-corrected chi connectivity index (χ0v) is 18.9. The number of hydrogen-bond donors (Lipinski definition) is 1. The lowest BCUT2D eigenvalue weighted by Crippen LogP contribution is -2.30. The highest BCUT2D eigenvalue weighted by atomic mass is 32.2. The zero-order chi connectivity index (χ0) is 22.0. The fourth-order valence-corrected chi connectivity index (χ4v) is 4.52. The van der Waals surface area contributed by atoms with Gasteiger partial charge in [-0.15, -0.1) is 0 Å². The maximum absolute atomic E-state index is 12.5. The second-order valence-electron chi connectivity index (χ2n) is 6.96. The van der Waals surface area contributed by atoms with Crippen molar-refractivity contribution >= 4 is 15.9 Å². The lowest BCUT2D eigenvalue weighted by atomic mass is 10.1. The van der Waals surface area contributed by atoms with Crippen molar-refractivity contribution < 1.29 is 17.9 Å². The van der Waals surface area contributed by atoms with Crippen molar-refractivity contribution in [2.45, 2.75) is 51.7 Å². The van der Waals surface area contributed by atoms with E-state index in [4.69, 9.17) is 4.74 Å². The minimum Gasteiger partial charge on any atom is -0.377 e. The monoisotopic (exact) mass is 432 g/mol. The Balaban J connectivity index is 1.82. The third-order valence-electron chi connectivity index (χ3n) is 4.89. The second-order valence-corrected chi connectivity index (χ2v) is 8.90. The summed E-state index contributed by atoms with van der Waals surface area (Å²) in [5.74, 6) is -0.0340. The van der Waals surface area contributed by atoms with Crippen LogP contribution in [0.25, 0.3) is 0 Å². The molecular weight excluding hydrogens is 400 g/mol. The van der Waals surface area contributed by atoms with Gasteiger partial charge in [-0.05, 0) is 42.2 Å². The first kappa shape index (κ1) is 24.1. The molecule has 1 amide bonds. The summed E-state index contributed by atoms with van der Waals surface area (Å²) in [6, 6.07) is 14.8. The van der Waals surface area contributed by atoms with E-state index < -0.39 is 10.0 Å². The van der Waals surface area contributed by atoms with Gasteiger partial charge >= 0.3 is 0 Å². The van der Waals surface area contributed by atoms with Crippen LogP contribution in [0.1, 0.15) is 43.9 Å². The number of amides is 1. The highest BCUT2D eigenvalue weighted by Crippen LogP contribution is 2.17. The van der Waals surface area contributed by atoms with Gasteiger partial charge < -0.3 is 10.1 Å². The summed E-state index contributed by atoms with van der Waals surface area (Å²) in [5, 5.41) is 2.92. The molecule has 0 atom stereocenters. The molecule has 0 aromatic heterocycles. The molecule has 6 nitrogen and oxygen atoms in total. The number of benzene rings is 2. The molecule has 2 aromatic rings. The highest BCUT2D eigenvalue weighted by Gasteiger charge is 2.21. The van der Waals surface area contributed by atoms with E-state index in [0.29, 0.717) is 45.7 Å². The number of ether oxygens (including phenoxy) is 1. The van der Waals surface area contributed by atoms with E-state index in [2.05, 4.69) is 5.32 Å². The van der Waals surface area contributed by atoms with Crippen LogP contribution in [0.4, 0.5) is 0 Å². The Morgan fingerprint density at radius 1 is 0.900 bits per heavy atom. The SMILES string of the molecule is CCOCc1ccc(CNC(=O)CCc2ccc(S(=O)(=O)N(CC)CC)cc2)cc1. The number of nitrogens with zero attached hydrogens (tertiary/aromatic N) is 1. The van der Waals surface area contributed by atoms with Gasteiger partial charge in [0.15, 0.2) is 0 Å². The second kappa shape index (κ2) is 11.8. The fourth-order valence-electron chi connectivity index (χ4n) is 3.06. The van der Waals surface area contributed by atoms with Crippen molar-refractivity contribution in [2.75, 3.05) is 19.7 Å². The quantitative estimate of drug-likeness (QED) is 0.557. The van der Waals surface area contributed by atoms with Crippen molar-refractivity contribution in [3.63, 3.8) is 0 Å². The molecule has 2 aromatic carbocycles. The van der Waals surface area contributed by atoms with Gasteiger partial charge in [0.1, 0.15) is 0 Å². The van der Waals surface area contributed by atoms with Crippen LogP contribution in [-0.4, -0.2) is 38.3 Å². The molecule has 0 saturated carbocycles. The van der Waals surface area contributed by atoms with Gasteiger partial charge in [-0.2, -0.15) is 4.31 Å². The van der Waals surface area contributed by atoms with Gasteiger partial charge in [0.25, 0.3) is 0 Å². The molecular formula is C23H32N2O4S. The first-order chi connectivity index (χ1) is 14.4. The van der Waals surface area contributed by atoms with Gasteiger partial charge in [-0.3, -0.25) is 4.79 Å². The molecule has 0 heterocycles. The molecule has 0 saturated heterocycles. The van der Waals surface area contributed by atoms with Gasteiger partial charge in [0.05, 0.1) is 11.5 Å². The smallest absolute Gasteiger partial charge is 0.243 e. The first-order valence-electron chi connectivity index (χ1n) is 10.4. The topological polar surface area (TPSA) is 75.7 Å². The largest absolute Gasteiger partial charge is 0.377 e. The standard InChI is InChI=1S/C23H32N2O4S/c1-4-25(5-2)30(27,28)22-14-11-19(12-15-22)13-16-23(26)24-17-20-7-9-21(10-8-20)18-29-6-3/h7-12,14-15H,4-6,13,16-18H2,1-3H3,(H,24,26). The van der Waals surface area contributed by atoms with Crippen molar-refractivity contribution in [1.82, 2.24) is 9.62 Å². The molecule has 30 heavy (non-hydrogen) atoms. The third-order valence-corrected chi connectivity index (χ3v) is 6.96. The Labute approximate surface area is 180 Å². The summed E-state index contributed by atoms with van der Waals surface area (Å²) < 4.78 is 31.8. The lowest BCUT2D eigenvalue weighted by molar-refractivity contribution is -0.121. The normalized spacial score (nSPS) is 11.6. The van der Waals surface area contributed by atoms with Crippen molar-refractivity contribution in [1.29, 1.82) is 0 Å². The molecule has 2 rings (SSSR count). The molecule has 0 aliphatic heterocycles. The van der Waals surface area contributed by atoms with Gasteiger partial charge in [0.2, 0.25) is 15.9 Å². The molecule has 0 aliphatic carbocycles. The molecule has 1 N–H and O–H groups in total. The van der Waals surface area contributed by atoms with E-state index in [1.54, 1.807) is 24.3 Å². The zero-order valence-electron chi connectivity index (χ0n) is 18.1. The summed E-state index contributed by atoms with van der Waals surface area (Å²) in [6.45, 7) is 8.25. The fraction of sp³-hybridized carbons (Fsp3) is 0.435. The van der Waals surface area contributed by atoms with Crippen LogP contribution in [0.5, 0.6) is 0 Å². The van der Waals surface area contributed by atoms with Crippen molar-refractivity contribution in [3.05, 3.63) is 65.2 Å². The molecule has 0 aliphatic rings. The van der Waals surface area contributed by atoms with E-state index in [-0.39, 0.29) is 10.8 Å². The Kier molecular flexibility index (Phi) is 9.49. The van der Waals surface area contributed by atoms with Crippen LogP contribution in [0, 0.1) is 0 Å². The van der Waals surface area contributed by atoms with Gasteiger partial charge in [0, 0.05) is 32.7 Å². The number of rotatable bonds is 12. The van der Waals surface area contributed by atoms with Crippen molar-refractivity contribution in [3.8, 4) is 0 Å². The number of carbonyl (C=O) groups excluding carboxylic acids is 1. The summed E-state index contributed by atoms with van der Waals surface area (Å²) >= 11 is 0. The Morgan fingerprint density at radius 3 is 2.03 bits per heavy atom. The lowest BCUT2D eigenvalue weighted by Gasteiger charge is -2.18. The minimum atomic E-state index is -3.45. The van der Waals surface area contributed by atoms with Crippen LogP contribution < -0.4 is 5.32 Å². The number of carbonyl (C=O) groups is 1. The Bertz CT molecular complexity index is 890. The molecule has 7 heteroatoms. The molecule has 0 unspecified atom stereocenters. The van der Waals surface area contributed by atoms with E-state index >= 15 is 0 Å². The van der Waals surface area contributed by atoms with Gasteiger partial charge in [-0.25, -0.2) is 8.42 Å². The number of sulfonamides is 1. The molecule has 0 radical (unpaired) electrons.